The predicted molar refractivity (Wildman–Crippen MR) is 82.0 cm³/mol. The van der Waals surface area contributed by atoms with E-state index in [0.29, 0.717) is 19.4 Å². The van der Waals surface area contributed by atoms with Crippen LogP contribution in [0.15, 0.2) is 24.5 Å². The Kier molecular flexibility index (Phi) is 5.49. The maximum Gasteiger partial charge on any atom is 0.246 e. The number of likely N-dealkylation sites (tertiary alicyclic amines) is 1. The Balaban J connectivity index is 1.99. The number of aromatic nitrogens is 1. The summed E-state index contributed by atoms with van der Waals surface area (Å²) in [6, 6.07) is 3.92. The van der Waals surface area contributed by atoms with Crippen LogP contribution in [-0.2, 0) is 16.0 Å². The minimum Gasteiger partial charge on any atom is -0.395 e. The molecule has 1 aliphatic rings. The van der Waals surface area contributed by atoms with Gasteiger partial charge in [0.2, 0.25) is 11.8 Å². The van der Waals surface area contributed by atoms with Gasteiger partial charge in [-0.05, 0) is 43.4 Å². The molecular formula is C16H23N3O3. The van der Waals surface area contributed by atoms with E-state index in [1.165, 1.54) is 12.5 Å². The summed E-state index contributed by atoms with van der Waals surface area (Å²) in [7, 11) is 0. The quantitative estimate of drug-likeness (QED) is 0.769. The minimum atomic E-state index is -0.742. The van der Waals surface area contributed by atoms with Crippen LogP contribution >= 0.6 is 0 Å². The van der Waals surface area contributed by atoms with E-state index in [9.17, 15) is 9.59 Å². The molecule has 1 saturated heterocycles. The van der Waals surface area contributed by atoms with Gasteiger partial charge in [0.1, 0.15) is 5.54 Å². The van der Waals surface area contributed by atoms with Crippen LogP contribution in [0.2, 0.25) is 0 Å². The second-order valence-corrected chi connectivity index (χ2v) is 5.64. The van der Waals surface area contributed by atoms with Crippen LogP contribution in [0.5, 0.6) is 0 Å². The van der Waals surface area contributed by atoms with Crippen molar-refractivity contribution in [2.45, 2.75) is 38.1 Å². The highest BCUT2D eigenvalue weighted by atomic mass is 16.3. The van der Waals surface area contributed by atoms with Gasteiger partial charge in [-0.25, -0.2) is 0 Å². The van der Waals surface area contributed by atoms with Gasteiger partial charge in [-0.15, -0.1) is 0 Å². The summed E-state index contributed by atoms with van der Waals surface area (Å²) in [4.78, 5) is 29.8. The summed E-state index contributed by atoms with van der Waals surface area (Å²) in [5.41, 5.74) is 0.434. The Morgan fingerprint density at radius 3 is 2.68 bits per heavy atom. The molecule has 0 aliphatic carbocycles. The number of carbonyl (C=O) groups excluding carboxylic acids is 2. The third-order valence-corrected chi connectivity index (χ3v) is 4.27. The maximum atomic E-state index is 12.4. The first-order valence-corrected chi connectivity index (χ1v) is 7.66. The number of rotatable bonds is 7. The molecule has 1 atom stereocenters. The van der Waals surface area contributed by atoms with E-state index in [4.69, 9.17) is 5.11 Å². The van der Waals surface area contributed by atoms with Crippen LogP contribution in [0.4, 0.5) is 0 Å². The van der Waals surface area contributed by atoms with Crippen molar-refractivity contribution in [3.8, 4) is 0 Å². The summed E-state index contributed by atoms with van der Waals surface area (Å²) in [5.74, 6) is -0.230. The second-order valence-electron chi connectivity index (χ2n) is 5.64. The van der Waals surface area contributed by atoms with Crippen molar-refractivity contribution in [1.29, 1.82) is 0 Å². The molecular weight excluding hydrogens is 282 g/mol. The monoisotopic (exact) mass is 305 g/mol. The number of carbonyl (C=O) groups is 2. The molecule has 0 saturated carbocycles. The summed E-state index contributed by atoms with van der Waals surface area (Å²) in [6.45, 7) is 2.24. The van der Waals surface area contributed by atoms with E-state index in [1.807, 2.05) is 12.1 Å². The number of aliphatic hydroxyl groups is 1. The molecule has 1 fully saturated rings. The van der Waals surface area contributed by atoms with Gasteiger partial charge >= 0.3 is 0 Å². The van der Waals surface area contributed by atoms with Crippen LogP contribution in [-0.4, -0.2) is 52.0 Å². The molecule has 0 radical (unpaired) electrons. The lowest BCUT2D eigenvalue weighted by Gasteiger charge is -2.51. The molecule has 2 amide bonds. The fourth-order valence-corrected chi connectivity index (χ4v) is 3.03. The summed E-state index contributed by atoms with van der Waals surface area (Å²) in [5, 5.41) is 11.6. The van der Waals surface area contributed by atoms with Gasteiger partial charge in [-0.1, -0.05) is 0 Å². The van der Waals surface area contributed by atoms with Crippen molar-refractivity contribution in [3.05, 3.63) is 30.1 Å². The van der Waals surface area contributed by atoms with E-state index >= 15 is 0 Å². The molecule has 1 aromatic rings. The Morgan fingerprint density at radius 1 is 1.41 bits per heavy atom. The van der Waals surface area contributed by atoms with Gasteiger partial charge in [-0.3, -0.25) is 14.6 Å². The fraction of sp³-hybridized carbons (Fsp3) is 0.562. The smallest absolute Gasteiger partial charge is 0.246 e. The lowest BCUT2D eigenvalue weighted by Crippen LogP contribution is -2.68. The molecule has 2 heterocycles. The van der Waals surface area contributed by atoms with Crippen LogP contribution in [0.3, 0.4) is 0 Å². The summed E-state index contributed by atoms with van der Waals surface area (Å²) < 4.78 is 0. The number of aliphatic hydroxyl groups excluding tert-OH is 1. The molecule has 120 valence electrons. The van der Waals surface area contributed by atoms with Gasteiger partial charge in [0.05, 0.1) is 6.61 Å². The fourth-order valence-electron chi connectivity index (χ4n) is 3.03. The van der Waals surface area contributed by atoms with Crippen LogP contribution in [0.25, 0.3) is 0 Å². The van der Waals surface area contributed by atoms with Crippen molar-refractivity contribution in [2.24, 2.45) is 0 Å². The van der Waals surface area contributed by atoms with Gasteiger partial charge in [0.25, 0.3) is 0 Å². The Bertz CT molecular complexity index is 521. The van der Waals surface area contributed by atoms with Gasteiger partial charge in [0, 0.05) is 32.4 Å². The zero-order chi connectivity index (χ0) is 16.0. The average molecular weight is 305 g/mol. The molecule has 6 nitrogen and oxygen atoms in total. The third kappa shape index (κ3) is 3.44. The van der Waals surface area contributed by atoms with Crippen LogP contribution in [0.1, 0.15) is 31.7 Å². The largest absolute Gasteiger partial charge is 0.395 e. The zero-order valence-electron chi connectivity index (χ0n) is 12.9. The molecule has 2 rings (SSSR count). The standard InChI is InChI=1S/C16H23N3O3/c1-13(21)19-11-7-16(19,15(22)18-10-12-20)6-2-3-14-4-8-17-9-5-14/h4-5,8-9,20H,2-3,6-7,10-12H2,1H3,(H,18,22). The number of aryl methyl sites for hydroxylation is 1. The van der Waals surface area contributed by atoms with E-state index in [0.717, 1.165) is 12.8 Å². The van der Waals surface area contributed by atoms with E-state index in [2.05, 4.69) is 10.3 Å². The first kappa shape index (κ1) is 16.4. The molecule has 0 aromatic carbocycles. The molecule has 1 aromatic heterocycles. The maximum absolute atomic E-state index is 12.4. The minimum absolute atomic E-state index is 0.0747. The molecule has 0 bridgehead atoms. The number of amides is 2. The lowest BCUT2D eigenvalue weighted by molar-refractivity contribution is -0.158. The van der Waals surface area contributed by atoms with Crippen LogP contribution < -0.4 is 5.32 Å². The number of pyridine rings is 1. The summed E-state index contributed by atoms with van der Waals surface area (Å²) >= 11 is 0. The van der Waals surface area contributed by atoms with Crippen molar-refractivity contribution < 1.29 is 14.7 Å². The molecule has 1 unspecified atom stereocenters. The molecule has 0 spiro atoms. The lowest BCUT2D eigenvalue weighted by atomic mass is 9.78. The predicted octanol–water partition coefficient (Wildman–Crippen LogP) is 0.504. The first-order valence-electron chi connectivity index (χ1n) is 7.66. The molecule has 22 heavy (non-hydrogen) atoms. The SMILES string of the molecule is CC(=O)N1CCC1(CCCc1ccncc1)C(=O)NCCO. The summed E-state index contributed by atoms with van der Waals surface area (Å²) in [6.07, 6.45) is 6.49. The number of nitrogens with one attached hydrogen (secondary N) is 1. The van der Waals surface area contributed by atoms with E-state index in [-0.39, 0.29) is 25.0 Å². The highest BCUT2D eigenvalue weighted by Crippen LogP contribution is 2.36. The Hall–Kier alpha value is -1.95. The Morgan fingerprint density at radius 2 is 2.14 bits per heavy atom. The van der Waals surface area contributed by atoms with Crippen molar-refractivity contribution in [1.82, 2.24) is 15.2 Å². The van der Waals surface area contributed by atoms with Crippen molar-refractivity contribution in [3.63, 3.8) is 0 Å². The highest BCUT2D eigenvalue weighted by Gasteiger charge is 2.51. The van der Waals surface area contributed by atoms with Gasteiger partial charge < -0.3 is 15.3 Å². The topological polar surface area (TPSA) is 82.5 Å². The van der Waals surface area contributed by atoms with E-state index < -0.39 is 5.54 Å². The Labute approximate surface area is 130 Å². The molecule has 1 aliphatic heterocycles. The normalized spacial score (nSPS) is 20.4. The third-order valence-electron chi connectivity index (χ3n) is 4.27. The molecule has 2 N–H and O–H groups in total. The van der Waals surface area contributed by atoms with E-state index in [1.54, 1.807) is 17.3 Å². The van der Waals surface area contributed by atoms with Crippen molar-refractivity contribution in [2.75, 3.05) is 19.7 Å². The van der Waals surface area contributed by atoms with Crippen molar-refractivity contribution >= 4 is 11.8 Å². The number of hydrogen-bond acceptors (Lipinski definition) is 4. The van der Waals surface area contributed by atoms with Gasteiger partial charge in [0.15, 0.2) is 0 Å². The average Bonchev–Trinajstić information content (AvgIpc) is 2.48. The van der Waals surface area contributed by atoms with Crippen LogP contribution in [0, 0.1) is 0 Å². The second kappa shape index (κ2) is 7.35. The number of nitrogens with zero attached hydrogens (tertiary/aromatic N) is 2. The number of hydrogen-bond donors (Lipinski definition) is 2. The zero-order valence-corrected chi connectivity index (χ0v) is 12.9. The molecule has 6 heteroatoms. The highest BCUT2D eigenvalue weighted by molar-refractivity contribution is 5.92. The van der Waals surface area contributed by atoms with Gasteiger partial charge in [-0.2, -0.15) is 0 Å². The first-order chi connectivity index (χ1) is 10.6.